The van der Waals surface area contributed by atoms with Crippen molar-refractivity contribution in [1.82, 2.24) is 4.98 Å². The highest BCUT2D eigenvalue weighted by Crippen LogP contribution is 2.39. The number of carbonyl (C=O) groups excluding carboxylic acids is 1. The number of benzene rings is 1. The molecule has 2 rings (SSSR count). The van der Waals surface area contributed by atoms with Gasteiger partial charge in [0.1, 0.15) is 22.8 Å². The van der Waals surface area contributed by atoms with E-state index in [9.17, 15) is 23.7 Å². The third kappa shape index (κ3) is 6.23. The molecule has 2 aromatic rings. The lowest BCUT2D eigenvalue weighted by molar-refractivity contribution is -0.384. The maximum absolute atomic E-state index is 12.9. The van der Waals surface area contributed by atoms with Crippen LogP contribution in [0.1, 0.15) is 24.9 Å². The highest BCUT2D eigenvalue weighted by atomic mass is 79.9. The summed E-state index contributed by atoms with van der Waals surface area (Å²) in [6, 6.07) is 4.50. The van der Waals surface area contributed by atoms with E-state index in [2.05, 4.69) is 31.0 Å². The third-order valence-corrected chi connectivity index (χ3v) is 4.53. The average molecular weight is 495 g/mol. The standard InChI is InChI=1S/C17H15BrClF2N3O5/c1-2-28-15(25)7-11(16-9(18)4-3-5-13(16)29-17(20)21)23-10-6-14(19)22-8-12(10)24(26)27/h3-6,8,11,17H,2,7H2,1H3,(H,22,23)/t11-/m1/s1. The van der Waals surface area contributed by atoms with Gasteiger partial charge in [0, 0.05) is 16.1 Å². The average Bonchev–Trinajstić information content (AvgIpc) is 2.61. The molecule has 156 valence electrons. The Kier molecular flexibility index (Phi) is 8.09. The second-order valence-corrected chi connectivity index (χ2v) is 6.76. The number of hydrogen-bond acceptors (Lipinski definition) is 7. The molecule has 0 saturated carbocycles. The molecule has 1 aromatic heterocycles. The first-order chi connectivity index (χ1) is 13.7. The van der Waals surface area contributed by atoms with Crippen LogP contribution in [0.4, 0.5) is 20.2 Å². The quantitative estimate of drug-likeness (QED) is 0.223. The van der Waals surface area contributed by atoms with Gasteiger partial charge in [-0.25, -0.2) is 4.98 Å². The second-order valence-electron chi connectivity index (χ2n) is 5.52. The van der Waals surface area contributed by atoms with Crippen LogP contribution >= 0.6 is 27.5 Å². The zero-order valence-corrected chi connectivity index (χ0v) is 17.2. The Balaban J connectivity index is 2.54. The fraction of sp³-hybridized carbons (Fsp3) is 0.294. The molecular weight excluding hydrogens is 480 g/mol. The first-order valence-electron chi connectivity index (χ1n) is 8.18. The van der Waals surface area contributed by atoms with Crippen molar-refractivity contribution >= 4 is 44.9 Å². The minimum atomic E-state index is -3.11. The molecule has 8 nitrogen and oxygen atoms in total. The molecule has 1 aromatic carbocycles. The summed E-state index contributed by atoms with van der Waals surface area (Å²) in [5, 5.41) is 14.1. The summed E-state index contributed by atoms with van der Waals surface area (Å²) in [6.45, 7) is -1.41. The van der Waals surface area contributed by atoms with Crippen molar-refractivity contribution in [3.63, 3.8) is 0 Å². The van der Waals surface area contributed by atoms with Crippen LogP contribution in [0.5, 0.6) is 5.75 Å². The summed E-state index contributed by atoms with van der Waals surface area (Å²) in [7, 11) is 0. The lowest BCUT2D eigenvalue weighted by atomic mass is 10.0. The maximum atomic E-state index is 12.9. The van der Waals surface area contributed by atoms with Crippen molar-refractivity contribution < 1.29 is 28.0 Å². The number of esters is 1. The fourth-order valence-corrected chi connectivity index (χ4v) is 3.32. The van der Waals surface area contributed by atoms with E-state index in [1.54, 1.807) is 13.0 Å². The predicted molar refractivity (Wildman–Crippen MR) is 104 cm³/mol. The number of hydrogen-bond donors (Lipinski definition) is 1. The van der Waals surface area contributed by atoms with Crippen molar-refractivity contribution in [3.05, 3.63) is 55.8 Å². The van der Waals surface area contributed by atoms with Crippen LogP contribution in [0.2, 0.25) is 5.15 Å². The largest absolute Gasteiger partial charge is 0.466 e. The molecule has 0 saturated heterocycles. The molecule has 0 aliphatic carbocycles. The van der Waals surface area contributed by atoms with Gasteiger partial charge < -0.3 is 14.8 Å². The van der Waals surface area contributed by atoms with Crippen LogP contribution in [0.15, 0.2) is 34.9 Å². The Morgan fingerprint density at radius 1 is 1.45 bits per heavy atom. The highest BCUT2D eigenvalue weighted by molar-refractivity contribution is 9.10. The number of rotatable bonds is 9. The molecule has 1 N–H and O–H groups in total. The van der Waals surface area contributed by atoms with Gasteiger partial charge in [-0.15, -0.1) is 0 Å². The number of ether oxygens (including phenoxy) is 2. The molecular formula is C17H15BrClF2N3O5. The van der Waals surface area contributed by atoms with Gasteiger partial charge in [0.2, 0.25) is 0 Å². The minimum absolute atomic E-state index is 0.0378. The number of anilines is 1. The maximum Gasteiger partial charge on any atom is 0.387 e. The zero-order chi connectivity index (χ0) is 21.6. The monoisotopic (exact) mass is 493 g/mol. The van der Waals surface area contributed by atoms with E-state index in [4.69, 9.17) is 16.3 Å². The van der Waals surface area contributed by atoms with Crippen LogP contribution in [0, 0.1) is 10.1 Å². The molecule has 0 spiro atoms. The molecule has 0 fully saturated rings. The van der Waals surface area contributed by atoms with Crippen molar-refractivity contribution in [2.75, 3.05) is 11.9 Å². The van der Waals surface area contributed by atoms with Gasteiger partial charge in [0.25, 0.3) is 0 Å². The van der Waals surface area contributed by atoms with Crippen LogP contribution in [-0.4, -0.2) is 29.1 Å². The molecule has 0 aliphatic heterocycles. The van der Waals surface area contributed by atoms with Crippen LogP contribution in [0.3, 0.4) is 0 Å². The number of nitrogens with one attached hydrogen (secondary N) is 1. The Labute approximate surface area is 177 Å². The van der Waals surface area contributed by atoms with Gasteiger partial charge in [-0.3, -0.25) is 14.9 Å². The molecule has 0 aliphatic rings. The minimum Gasteiger partial charge on any atom is -0.466 e. The SMILES string of the molecule is CCOC(=O)C[C@@H](Nc1cc(Cl)ncc1[N+](=O)[O-])c1c(Br)cccc1OC(F)F. The van der Waals surface area contributed by atoms with Crippen LogP contribution in [-0.2, 0) is 9.53 Å². The Morgan fingerprint density at radius 3 is 2.79 bits per heavy atom. The van der Waals surface area contributed by atoms with Crippen molar-refractivity contribution in [3.8, 4) is 5.75 Å². The topological polar surface area (TPSA) is 104 Å². The first kappa shape index (κ1) is 22.8. The first-order valence-corrected chi connectivity index (χ1v) is 9.35. The van der Waals surface area contributed by atoms with E-state index in [0.29, 0.717) is 4.47 Å². The normalized spacial score (nSPS) is 11.8. The summed E-state index contributed by atoms with van der Waals surface area (Å²) in [5.41, 5.74) is -0.308. The zero-order valence-electron chi connectivity index (χ0n) is 14.9. The van der Waals surface area contributed by atoms with Gasteiger partial charge >= 0.3 is 18.3 Å². The molecule has 1 atom stereocenters. The van der Waals surface area contributed by atoms with Gasteiger partial charge in [0.05, 0.1) is 24.0 Å². The number of aromatic nitrogens is 1. The third-order valence-electron chi connectivity index (χ3n) is 3.63. The van der Waals surface area contributed by atoms with Gasteiger partial charge in [-0.05, 0) is 19.1 Å². The molecule has 0 bridgehead atoms. The number of alkyl halides is 2. The smallest absolute Gasteiger partial charge is 0.387 e. The van der Waals surface area contributed by atoms with Crippen LogP contribution < -0.4 is 10.1 Å². The molecule has 1 heterocycles. The van der Waals surface area contributed by atoms with E-state index >= 15 is 0 Å². The molecule has 0 unspecified atom stereocenters. The summed E-state index contributed by atoms with van der Waals surface area (Å²) in [5.74, 6) is -0.856. The second kappa shape index (κ2) is 10.3. The van der Waals surface area contributed by atoms with Gasteiger partial charge in [0.15, 0.2) is 0 Å². The lowest BCUT2D eigenvalue weighted by Gasteiger charge is -2.23. The Bertz CT molecular complexity index is 903. The van der Waals surface area contributed by atoms with Gasteiger partial charge in [-0.1, -0.05) is 33.6 Å². The van der Waals surface area contributed by atoms with E-state index in [1.165, 1.54) is 18.2 Å². The van der Waals surface area contributed by atoms with Crippen molar-refractivity contribution in [1.29, 1.82) is 0 Å². The molecule has 0 radical (unpaired) electrons. The number of nitro groups is 1. The fourth-order valence-electron chi connectivity index (χ4n) is 2.54. The summed E-state index contributed by atoms with van der Waals surface area (Å²) < 4.78 is 35.6. The van der Waals surface area contributed by atoms with E-state index < -0.39 is 29.2 Å². The van der Waals surface area contributed by atoms with E-state index in [-0.39, 0.29) is 35.2 Å². The molecule has 12 heteroatoms. The number of halogens is 4. The predicted octanol–water partition coefficient (Wildman–Crippen LogP) is 5.11. The Hall–Kier alpha value is -2.53. The number of carbonyl (C=O) groups is 1. The number of nitrogens with zero attached hydrogens (tertiary/aromatic N) is 2. The summed E-state index contributed by atoms with van der Waals surface area (Å²) >= 11 is 9.09. The molecule has 0 amide bonds. The lowest BCUT2D eigenvalue weighted by Crippen LogP contribution is -2.20. The number of pyridine rings is 1. The van der Waals surface area contributed by atoms with Crippen molar-refractivity contribution in [2.45, 2.75) is 26.0 Å². The van der Waals surface area contributed by atoms with E-state index in [1.807, 2.05) is 0 Å². The van der Waals surface area contributed by atoms with E-state index in [0.717, 1.165) is 6.20 Å². The molecule has 29 heavy (non-hydrogen) atoms. The summed E-state index contributed by atoms with van der Waals surface area (Å²) in [4.78, 5) is 26.4. The van der Waals surface area contributed by atoms with Crippen molar-refractivity contribution in [2.24, 2.45) is 0 Å². The van der Waals surface area contributed by atoms with Crippen LogP contribution in [0.25, 0.3) is 0 Å². The highest BCUT2D eigenvalue weighted by Gasteiger charge is 2.27. The van der Waals surface area contributed by atoms with Gasteiger partial charge in [-0.2, -0.15) is 8.78 Å². The summed E-state index contributed by atoms with van der Waals surface area (Å²) in [6.07, 6.45) is 0.621. The Morgan fingerprint density at radius 2 is 2.17 bits per heavy atom.